The number of rotatable bonds is 2. The minimum absolute atomic E-state index is 0.364. The van der Waals surface area contributed by atoms with Gasteiger partial charge in [0.1, 0.15) is 5.75 Å². The molecule has 3 rings (SSSR count). The molecule has 1 aliphatic heterocycles. The number of hydrogen-bond acceptors (Lipinski definition) is 3. The van der Waals surface area contributed by atoms with Gasteiger partial charge in [0.2, 0.25) is 0 Å². The molecule has 1 unspecified atom stereocenters. The monoisotopic (exact) mass is 265 g/mol. The Kier molecular flexibility index (Phi) is 3.39. The Hall–Kier alpha value is -0.870. The first kappa shape index (κ1) is 12.2. The summed E-state index contributed by atoms with van der Waals surface area (Å²) in [6, 6.07) is 6.65. The van der Waals surface area contributed by atoms with E-state index in [9.17, 15) is 9.32 Å². The maximum Gasteiger partial charge on any atom is 0.119 e. The van der Waals surface area contributed by atoms with Crippen LogP contribution in [0, 0.1) is 0 Å². The van der Waals surface area contributed by atoms with Crippen LogP contribution in [0.15, 0.2) is 18.2 Å². The normalized spacial score (nSPS) is 31.2. The quantitative estimate of drug-likeness (QED) is 0.858. The zero-order chi connectivity index (χ0) is 12.5. The van der Waals surface area contributed by atoms with Crippen molar-refractivity contribution >= 4 is 10.8 Å². The SMILES string of the molecule is O=S1CCC(NC2CCc3c(O)cccc32)CC1. The van der Waals surface area contributed by atoms with E-state index in [4.69, 9.17) is 0 Å². The maximum atomic E-state index is 11.3. The Bertz CT molecular complexity index is 465. The van der Waals surface area contributed by atoms with E-state index in [-0.39, 0.29) is 0 Å². The smallest absolute Gasteiger partial charge is 0.119 e. The van der Waals surface area contributed by atoms with Gasteiger partial charge in [-0.15, -0.1) is 0 Å². The Labute approximate surface area is 110 Å². The fourth-order valence-corrected chi connectivity index (χ4v) is 4.35. The maximum absolute atomic E-state index is 11.3. The summed E-state index contributed by atoms with van der Waals surface area (Å²) < 4.78 is 11.3. The van der Waals surface area contributed by atoms with Crippen LogP contribution >= 0.6 is 0 Å². The van der Waals surface area contributed by atoms with Crippen LogP contribution in [0.25, 0.3) is 0 Å². The van der Waals surface area contributed by atoms with Gasteiger partial charge in [0.25, 0.3) is 0 Å². The van der Waals surface area contributed by atoms with Gasteiger partial charge < -0.3 is 10.4 Å². The van der Waals surface area contributed by atoms with Crippen LogP contribution in [0.2, 0.25) is 0 Å². The summed E-state index contributed by atoms with van der Waals surface area (Å²) in [5.41, 5.74) is 2.36. The second kappa shape index (κ2) is 5.02. The Morgan fingerprint density at radius 2 is 2.00 bits per heavy atom. The van der Waals surface area contributed by atoms with Crippen molar-refractivity contribution in [3.05, 3.63) is 29.3 Å². The molecule has 0 radical (unpaired) electrons. The molecule has 0 saturated carbocycles. The van der Waals surface area contributed by atoms with Crippen molar-refractivity contribution in [3.8, 4) is 5.75 Å². The number of benzene rings is 1. The zero-order valence-corrected chi connectivity index (χ0v) is 11.2. The molecule has 2 N–H and O–H groups in total. The number of nitrogens with one attached hydrogen (secondary N) is 1. The molecule has 1 fully saturated rings. The van der Waals surface area contributed by atoms with Crippen LogP contribution < -0.4 is 5.32 Å². The molecule has 1 heterocycles. The summed E-state index contributed by atoms with van der Waals surface area (Å²) in [5, 5.41) is 13.5. The van der Waals surface area contributed by atoms with E-state index in [1.54, 1.807) is 6.07 Å². The minimum atomic E-state index is -0.593. The average molecular weight is 265 g/mol. The third kappa shape index (κ3) is 2.31. The third-order valence-electron chi connectivity index (χ3n) is 4.07. The van der Waals surface area contributed by atoms with E-state index in [1.165, 1.54) is 5.56 Å². The fourth-order valence-electron chi connectivity index (χ4n) is 3.05. The van der Waals surface area contributed by atoms with Crippen molar-refractivity contribution in [2.24, 2.45) is 0 Å². The van der Waals surface area contributed by atoms with E-state index >= 15 is 0 Å². The highest BCUT2D eigenvalue weighted by Crippen LogP contribution is 2.36. The standard InChI is InChI=1S/C14H19NO2S/c16-14-3-1-2-11-12(14)4-5-13(11)15-10-6-8-18(17)9-7-10/h1-3,10,13,15-16H,4-9H2. The largest absolute Gasteiger partial charge is 0.508 e. The summed E-state index contributed by atoms with van der Waals surface area (Å²) in [7, 11) is -0.593. The molecular formula is C14H19NO2S. The molecule has 2 aliphatic rings. The van der Waals surface area contributed by atoms with Crippen molar-refractivity contribution in [1.82, 2.24) is 5.32 Å². The van der Waals surface area contributed by atoms with Crippen LogP contribution in [-0.2, 0) is 17.2 Å². The Morgan fingerprint density at radius 3 is 2.78 bits per heavy atom. The number of fused-ring (bicyclic) bond motifs is 1. The number of phenolic OH excluding ortho intramolecular Hbond substituents is 1. The first-order valence-electron chi connectivity index (χ1n) is 6.66. The summed E-state index contributed by atoms with van der Waals surface area (Å²) in [5.74, 6) is 2.09. The summed E-state index contributed by atoms with van der Waals surface area (Å²) >= 11 is 0. The summed E-state index contributed by atoms with van der Waals surface area (Å²) in [6.07, 6.45) is 4.04. The molecule has 1 atom stereocenters. The first-order valence-corrected chi connectivity index (χ1v) is 8.14. The van der Waals surface area contributed by atoms with Gasteiger partial charge in [0.15, 0.2) is 0 Å². The molecule has 3 nitrogen and oxygen atoms in total. The third-order valence-corrected chi connectivity index (χ3v) is 5.45. The molecule has 0 aromatic heterocycles. The van der Waals surface area contributed by atoms with Crippen molar-refractivity contribution in [3.63, 3.8) is 0 Å². The predicted octanol–water partition coefficient (Wildman–Crippen LogP) is 1.88. The number of hydrogen-bond donors (Lipinski definition) is 2. The van der Waals surface area contributed by atoms with Crippen LogP contribution in [0.3, 0.4) is 0 Å². The van der Waals surface area contributed by atoms with E-state index < -0.39 is 10.8 Å². The second-order valence-corrected chi connectivity index (χ2v) is 6.92. The summed E-state index contributed by atoms with van der Waals surface area (Å²) in [6.45, 7) is 0. The molecule has 0 bridgehead atoms. The highest BCUT2D eigenvalue weighted by atomic mass is 32.2. The van der Waals surface area contributed by atoms with Gasteiger partial charge in [-0.1, -0.05) is 12.1 Å². The van der Waals surface area contributed by atoms with Crippen LogP contribution in [-0.4, -0.2) is 26.9 Å². The molecule has 98 valence electrons. The van der Waals surface area contributed by atoms with Gasteiger partial charge in [-0.2, -0.15) is 0 Å². The Morgan fingerprint density at radius 1 is 1.22 bits per heavy atom. The van der Waals surface area contributed by atoms with E-state index in [1.807, 2.05) is 6.07 Å². The van der Waals surface area contributed by atoms with Crippen molar-refractivity contribution in [2.45, 2.75) is 37.8 Å². The Balaban J connectivity index is 1.69. The lowest BCUT2D eigenvalue weighted by atomic mass is 10.0. The molecule has 0 spiro atoms. The second-order valence-electron chi connectivity index (χ2n) is 5.23. The van der Waals surface area contributed by atoms with Crippen LogP contribution in [0.1, 0.15) is 36.4 Å². The lowest BCUT2D eigenvalue weighted by Crippen LogP contribution is -2.37. The molecule has 0 amide bonds. The van der Waals surface area contributed by atoms with E-state index in [0.29, 0.717) is 17.8 Å². The van der Waals surface area contributed by atoms with E-state index in [0.717, 1.165) is 42.8 Å². The molecule has 1 aliphatic carbocycles. The molecule has 4 heteroatoms. The molecule has 1 aromatic rings. The predicted molar refractivity (Wildman–Crippen MR) is 73.2 cm³/mol. The molecule has 1 aromatic carbocycles. The highest BCUT2D eigenvalue weighted by Gasteiger charge is 2.27. The van der Waals surface area contributed by atoms with Crippen molar-refractivity contribution in [2.75, 3.05) is 11.5 Å². The van der Waals surface area contributed by atoms with Gasteiger partial charge in [-0.3, -0.25) is 4.21 Å². The average Bonchev–Trinajstić information content (AvgIpc) is 2.77. The zero-order valence-electron chi connectivity index (χ0n) is 10.4. The number of aromatic hydroxyl groups is 1. The van der Waals surface area contributed by atoms with Gasteiger partial charge in [0, 0.05) is 34.4 Å². The van der Waals surface area contributed by atoms with Gasteiger partial charge in [-0.25, -0.2) is 0 Å². The summed E-state index contributed by atoms with van der Waals surface area (Å²) in [4.78, 5) is 0. The van der Waals surface area contributed by atoms with Gasteiger partial charge >= 0.3 is 0 Å². The first-order chi connectivity index (χ1) is 8.74. The molecule has 18 heavy (non-hydrogen) atoms. The lowest BCUT2D eigenvalue weighted by Gasteiger charge is -2.26. The molecule has 1 saturated heterocycles. The number of phenols is 1. The van der Waals surface area contributed by atoms with Gasteiger partial charge in [0.05, 0.1) is 0 Å². The van der Waals surface area contributed by atoms with Crippen LogP contribution in [0.4, 0.5) is 0 Å². The van der Waals surface area contributed by atoms with E-state index in [2.05, 4.69) is 11.4 Å². The van der Waals surface area contributed by atoms with Crippen molar-refractivity contribution < 1.29 is 9.32 Å². The molecular weight excluding hydrogens is 246 g/mol. The minimum Gasteiger partial charge on any atom is -0.508 e. The topological polar surface area (TPSA) is 49.3 Å². The van der Waals surface area contributed by atoms with Crippen molar-refractivity contribution in [1.29, 1.82) is 0 Å². The van der Waals surface area contributed by atoms with Gasteiger partial charge in [-0.05, 0) is 42.9 Å². The lowest BCUT2D eigenvalue weighted by molar-refractivity contribution is 0.408. The fraction of sp³-hybridized carbons (Fsp3) is 0.571. The highest BCUT2D eigenvalue weighted by molar-refractivity contribution is 7.85. The van der Waals surface area contributed by atoms with Crippen LogP contribution in [0.5, 0.6) is 5.75 Å².